The number of alkyl halides is 2. The molecule has 0 saturated carbocycles. The van der Waals surface area contributed by atoms with Crippen LogP contribution < -0.4 is 0 Å². The zero-order chi connectivity index (χ0) is 9.68. The maximum atomic E-state index is 5.69. The first-order chi connectivity index (χ1) is 6.24. The van der Waals surface area contributed by atoms with Gasteiger partial charge in [0.2, 0.25) is 0 Å². The molecule has 0 aliphatic heterocycles. The number of hydrogen-bond donors (Lipinski definition) is 0. The first kappa shape index (κ1) is 11.1. The van der Waals surface area contributed by atoms with E-state index in [1.54, 1.807) is 0 Å². The van der Waals surface area contributed by atoms with E-state index in [0.717, 1.165) is 6.42 Å². The van der Waals surface area contributed by atoms with Crippen LogP contribution in [0.1, 0.15) is 13.3 Å². The summed E-state index contributed by atoms with van der Waals surface area (Å²) in [5.74, 6) is 1.23. The molecule has 0 bridgehead atoms. The third-order valence-corrected chi connectivity index (χ3v) is 3.22. The van der Waals surface area contributed by atoms with E-state index in [2.05, 4.69) is 53.2 Å². The van der Waals surface area contributed by atoms with Gasteiger partial charge in [-0.2, -0.15) is 0 Å². The monoisotopic (exact) mass is 260 g/mol. The molecule has 0 N–H and O–H groups in total. The molecule has 2 unspecified atom stereocenters. The number of hydrogen-bond acceptors (Lipinski definition) is 0. The molecule has 0 spiro atoms. The van der Waals surface area contributed by atoms with Gasteiger partial charge in [0.25, 0.3) is 0 Å². The van der Waals surface area contributed by atoms with Gasteiger partial charge in [0, 0.05) is 10.7 Å². The molecule has 0 aromatic rings. The zero-order valence-electron chi connectivity index (χ0n) is 7.71. The fourth-order valence-electron chi connectivity index (χ4n) is 1.20. The first-order valence-corrected chi connectivity index (χ1v) is 5.95. The summed E-state index contributed by atoms with van der Waals surface area (Å²) in [6, 6.07) is 0. The summed E-state index contributed by atoms with van der Waals surface area (Å²) in [7, 11) is 0. The molecule has 72 valence electrons. The second kappa shape index (κ2) is 5.66. The highest BCUT2D eigenvalue weighted by molar-refractivity contribution is 9.09. The van der Waals surface area contributed by atoms with Crippen LogP contribution in [-0.2, 0) is 0 Å². The summed E-state index contributed by atoms with van der Waals surface area (Å²) < 4.78 is 0. The van der Waals surface area contributed by atoms with Gasteiger partial charge in [-0.05, 0) is 17.9 Å². The molecular formula is C11H14BrCl. The standard InChI is InChI=1S/C11H14BrCl/c1-9-3-2-4-10(6-5-9)11(12)7-8-13/h2-6,9,11H,7-8H2,1H3. The molecule has 0 nitrogen and oxygen atoms in total. The lowest BCUT2D eigenvalue weighted by atomic mass is 10.1. The summed E-state index contributed by atoms with van der Waals surface area (Å²) in [4.78, 5) is 0.385. The fourth-order valence-corrected chi connectivity index (χ4v) is 2.21. The van der Waals surface area contributed by atoms with Crippen LogP contribution in [0.2, 0.25) is 0 Å². The van der Waals surface area contributed by atoms with Crippen LogP contribution in [0.4, 0.5) is 0 Å². The molecule has 0 radical (unpaired) electrons. The summed E-state index contributed by atoms with van der Waals surface area (Å²) in [6.07, 6.45) is 11.8. The van der Waals surface area contributed by atoms with Crippen molar-refractivity contribution in [2.24, 2.45) is 5.92 Å². The van der Waals surface area contributed by atoms with E-state index in [9.17, 15) is 0 Å². The molecule has 2 heteroatoms. The molecule has 1 aliphatic rings. The van der Waals surface area contributed by atoms with Crippen molar-refractivity contribution in [1.29, 1.82) is 0 Å². The molecule has 2 atom stereocenters. The van der Waals surface area contributed by atoms with Crippen molar-refractivity contribution in [2.75, 3.05) is 5.88 Å². The van der Waals surface area contributed by atoms with Crippen molar-refractivity contribution in [2.45, 2.75) is 18.2 Å². The minimum Gasteiger partial charge on any atom is -0.127 e. The maximum absolute atomic E-state index is 5.69. The van der Waals surface area contributed by atoms with E-state index in [-0.39, 0.29) is 0 Å². The minimum absolute atomic E-state index is 0.385. The number of rotatable bonds is 3. The maximum Gasteiger partial charge on any atom is 0.0406 e. The van der Waals surface area contributed by atoms with Gasteiger partial charge in [-0.15, -0.1) is 11.6 Å². The number of allylic oxidation sites excluding steroid dienone is 6. The van der Waals surface area contributed by atoms with Crippen LogP contribution >= 0.6 is 27.5 Å². The summed E-state index contributed by atoms with van der Waals surface area (Å²) in [5.41, 5.74) is 1.31. The summed E-state index contributed by atoms with van der Waals surface area (Å²) in [5, 5.41) is 0. The third-order valence-electron chi connectivity index (χ3n) is 2.02. The normalized spacial score (nSPS) is 23.9. The Hall–Kier alpha value is -0.0100. The van der Waals surface area contributed by atoms with E-state index in [4.69, 9.17) is 11.6 Å². The van der Waals surface area contributed by atoms with Crippen molar-refractivity contribution >= 4 is 27.5 Å². The minimum atomic E-state index is 0.385. The molecule has 1 rings (SSSR count). The predicted octanol–water partition coefficient (Wildman–Crippen LogP) is 4.07. The van der Waals surface area contributed by atoms with Crippen LogP contribution in [0, 0.1) is 5.92 Å². The van der Waals surface area contributed by atoms with E-state index in [1.165, 1.54) is 5.57 Å². The SMILES string of the molecule is CC1C=CC=C(C(Br)CCCl)C=C1. The second-order valence-electron chi connectivity index (χ2n) is 3.21. The highest BCUT2D eigenvalue weighted by Gasteiger charge is 2.07. The molecule has 0 amide bonds. The van der Waals surface area contributed by atoms with Gasteiger partial charge in [-0.25, -0.2) is 0 Å². The van der Waals surface area contributed by atoms with Gasteiger partial charge in [0.15, 0.2) is 0 Å². The summed E-state index contributed by atoms with van der Waals surface area (Å²) in [6.45, 7) is 2.18. The lowest BCUT2D eigenvalue weighted by molar-refractivity contribution is 0.934. The van der Waals surface area contributed by atoms with Gasteiger partial charge in [0.05, 0.1) is 0 Å². The molecule has 0 saturated heterocycles. The van der Waals surface area contributed by atoms with E-state index in [1.807, 2.05) is 0 Å². The Bertz CT molecular complexity index is 240. The van der Waals surface area contributed by atoms with E-state index < -0.39 is 0 Å². The van der Waals surface area contributed by atoms with Gasteiger partial charge >= 0.3 is 0 Å². The Balaban J connectivity index is 2.64. The van der Waals surface area contributed by atoms with Crippen molar-refractivity contribution in [1.82, 2.24) is 0 Å². The van der Waals surface area contributed by atoms with Crippen molar-refractivity contribution in [3.63, 3.8) is 0 Å². The lowest BCUT2D eigenvalue weighted by Crippen LogP contribution is -2.00. The fraction of sp³-hybridized carbons (Fsp3) is 0.455. The molecule has 1 aliphatic carbocycles. The van der Waals surface area contributed by atoms with Crippen LogP contribution in [0.5, 0.6) is 0 Å². The Labute approximate surface area is 93.5 Å². The largest absolute Gasteiger partial charge is 0.127 e. The highest BCUT2D eigenvalue weighted by atomic mass is 79.9. The van der Waals surface area contributed by atoms with Crippen LogP contribution in [0.15, 0.2) is 36.0 Å². The van der Waals surface area contributed by atoms with Gasteiger partial charge < -0.3 is 0 Å². The van der Waals surface area contributed by atoms with Crippen LogP contribution in [-0.4, -0.2) is 10.7 Å². The molecule has 0 aromatic heterocycles. The Kier molecular flexibility index (Phi) is 4.82. The second-order valence-corrected chi connectivity index (χ2v) is 4.70. The molecule has 0 heterocycles. The van der Waals surface area contributed by atoms with Gasteiger partial charge in [-0.1, -0.05) is 53.2 Å². The van der Waals surface area contributed by atoms with Crippen LogP contribution in [0.25, 0.3) is 0 Å². The molecule has 0 aromatic carbocycles. The first-order valence-electron chi connectivity index (χ1n) is 4.50. The molecule has 0 fully saturated rings. The van der Waals surface area contributed by atoms with E-state index >= 15 is 0 Å². The Morgan fingerprint density at radius 2 is 2.31 bits per heavy atom. The van der Waals surface area contributed by atoms with E-state index in [0.29, 0.717) is 16.6 Å². The third kappa shape index (κ3) is 3.70. The van der Waals surface area contributed by atoms with Crippen molar-refractivity contribution < 1.29 is 0 Å². The van der Waals surface area contributed by atoms with Crippen LogP contribution in [0.3, 0.4) is 0 Å². The highest BCUT2D eigenvalue weighted by Crippen LogP contribution is 2.21. The molecular weight excluding hydrogens is 247 g/mol. The van der Waals surface area contributed by atoms with Gasteiger partial charge in [-0.3, -0.25) is 0 Å². The Morgan fingerprint density at radius 3 is 3.00 bits per heavy atom. The zero-order valence-corrected chi connectivity index (χ0v) is 10.1. The van der Waals surface area contributed by atoms with Crippen molar-refractivity contribution in [3.05, 3.63) is 36.0 Å². The average molecular weight is 262 g/mol. The van der Waals surface area contributed by atoms with Gasteiger partial charge in [0.1, 0.15) is 0 Å². The quantitative estimate of drug-likeness (QED) is 0.672. The molecule has 13 heavy (non-hydrogen) atoms. The lowest BCUT2D eigenvalue weighted by Gasteiger charge is -2.07. The van der Waals surface area contributed by atoms with Crippen molar-refractivity contribution in [3.8, 4) is 0 Å². The predicted molar refractivity (Wildman–Crippen MR) is 63.6 cm³/mol. The smallest absolute Gasteiger partial charge is 0.0406 e. The Morgan fingerprint density at radius 1 is 1.54 bits per heavy atom. The number of halogens is 2. The summed E-state index contributed by atoms with van der Waals surface area (Å²) >= 11 is 9.30. The topological polar surface area (TPSA) is 0 Å². The average Bonchev–Trinajstić information content (AvgIpc) is 2.30.